The van der Waals surface area contributed by atoms with E-state index in [4.69, 9.17) is 11.6 Å². The molecule has 1 aliphatic rings. The lowest BCUT2D eigenvalue weighted by Gasteiger charge is -2.20. The van der Waals surface area contributed by atoms with Gasteiger partial charge in [0.2, 0.25) is 11.8 Å². The molecule has 1 saturated heterocycles. The third-order valence-corrected chi connectivity index (χ3v) is 4.00. The summed E-state index contributed by atoms with van der Waals surface area (Å²) in [6, 6.07) is 5.54. The predicted molar refractivity (Wildman–Crippen MR) is 79.8 cm³/mol. The molecule has 2 rings (SSSR count). The Morgan fingerprint density at radius 3 is 2.70 bits per heavy atom. The Balaban J connectivity index is 2.02. The fourth-order valence-electron chi connectivity index (χ4n) is 2.32. The Bertz CT molecular complexity index is 543. The van der Waals surface area contributed by atoms with Gasteiger partial charge in [0, 0.05) is 29.7 Å². The summed E-state index contributed by atoms with van der Waals surface area (Å²) in [5, 5.41) is 3.45. The zero-order chi connectivity index (χ0) is 14.9. The zero-order valence-electron chi connectivity index (χ0n) is 11.9. The minimum atomic E-state index is -0.287. The molecule has 0 aromatic heterocycles. The lowest BCUT2D eigenvalue weighted by atomic mass is 10.1. The molecule has 1 aromatic carbocycles. The molecule has 0 spiro atoms. The molecule has 1 aliphatic heterocycles. The maximum Gasteiger partial charge on any atom is 0.229 e. The number of hydrogen-bond donors (Lipinski definition) is 1. The molecule has 4 nitrogen and oxygen atoms in total. The van der Waals surface area contributed by atoms with Crippen molar-refractivity contribution in [3.05, 3.63) is 28.8 Å². The van der Waals surface area contributed by atoms with Crippen LogP contribution >= 0.6 is 11.6 Å². The Labute approximate surface area is 124 Å². The number of aryl methyl sites for hydroxylation is 1. The number of nitrogens with one attached hydrogen (secondary N) is 1. The van der Waals surface area contributed by atoms with Crippen molar-refractivity contribution in [2.24, 2.45) is 5.92 Å². The van der Waals surface area contributed by atoms with E-state index in [0.29, 0.717) is 17.3 Å². The second-order valence-corrected chi connectivity index (χ2v) is 5.90. The molecule has 0 radical (unpaired) electrons. The molecule has 1 N–H and O–H groups in total. The normalized spacial score (nSPS) is 18.8. The third-order valence-electron chi connectivity index (χ3n) is 3.59. The van der Waals surface area contributed by atoms with Crippen LogP contribution in [0.5, 0.6) is 0 Å². The highest BCUT2D eigenvalue weighted by Crippen LogP contribution is 2.24. The Morgan fingerprint density at radius 1 is 1.45 bits per heavy atom. The maximum atomic E-state index is 12.2. The molecule has 1 unspecified atom stereocenters. The lowest BCUT2D eigenvalue weighted by molar-refractivity contribution is -0.129. The number of nitrogens with zero attached hydrogens (tertiary/aromatic N) is 1. The van der Waals surface area contributed by atoms with Crippen LogP contribution in [0.1, 0.15) is 25.8 Å². The summed E-state index contributed by atoms with van der Waals surface area (Å²) in [5.41, 5.74) is 1.63. The SMILES string of the molecule is Cc1ccc(NC(=O)C2CC(=O)N(C(C)C)C2)cc1Cl. The van der Waals surface area contributed by atoms with Crippen LogP contribution in [-0.2, 0) is 9.59 Å². The van der Waals surface area contributed by atoms with E-state index in [9.17, 15) is 9.59 Å². The molecule has 1 heterocycles. The van der Waals surface area contributed by atoms with E-state index in [1.54, 1.807) is 11.0 Å². The first-order valence-electron chi connectivity index (χ1n) is 6.75. The topological polar surface area (TPSA) is 49.4 Å². The Kier molecular flexibility index (Phi) is 4.33. The number of benzene rings is 1. The van der Waals surface area contributed by atoms with Crippen molar-refractivity contribution in [2.45, 2.75) is 33.2 Å². The van der Waals surface area contributed by atoms with Gasteiger partial charge >= 0.3 is 0 Å². The number of hydrogen-bond acceptors (Lipinski definition) is 2. The summed E-state index contributed by atoms with van der Waals surface area (Å²) in [6.07, 6.45) is 0.281. The minimum Gasteiger partial charge on any atom is -0.339 e. The number of amides is 2. The van der Waals surface area contributed by atoms with Crippen LogP contribution < -0.4 is 5.32 Å². The molecule has 2 amide bonds. The van der Waals surface area contributed by atoms with Crippen LogP contribution in [0.3, 0.4) is 0 Å². The molecule has 1 aromatic rings. The average molecular weight is 295 g/mol. The van der Waals surface area contributed by atoms with Crippen LogP contribution in [0.2, 0.25) is 5.02 Å². The van der Waals surface area contributed by atoms with Crippen LogP contribution in [0.15, 0.2) is 18.2 Å². The van der Waals surface area contributed by atoms with Crippen molar-refractivity contribution in [2.75, 3.05) is 11.9 Å². The van der Waals surface area contributed by atoms with E-state index >= 15 is 0 Å². The molecule has 5 heteroatoms. The lowest BCUT2D eigenvalue weighted by Crippen LogP contribution is -2.33. The molecular weight excluding hydrogens is 276 g/mol. The molecule has 1 atom stereocenters. The fourth-order valence-corrected chi connectivity index (χ4v) is 2.50. The molecule has 0 aliphatic carbocycles. The third kappa shape index (κ3) is 3.12. The molecule has 1 fully saturated rings. The van der Waals surface area contributed by atoms with Gasteiger partial charge in [0.15, 0.2) is 0 Å². The van der Waals surface area contributed by atoms with Crippen LogP contribution in [0.25, 0.3) is 0 Å². The van der Waals surface area contributed by atoms with E-state index in [1.165, 1.54) is 0 Å². The number of anilines is 1. The fraction of sp³-hybridized carbons (Fsp3) is 0.467. The van der Waals surface area contributed by atoms with Crippen molar-refractivity contribution in [3.8, 4) is 0 Å². The van der Waals surface area contributed by atoms with Gasteiger partial charge in [-0.2, -0.15) is 0 Å². The summed E-state index contributed by atoms with van der Waals surface area (Å²) >= 11 is 6.03. The van der Waals surface area contributed by atoms with Crippen molar-refractivity contribution >= 4 is 29.1 Å². The Morgan fingerprint density at radius 2 is 2.15 bits per heavy atom. The highest BCUT2D eigenvalue weighted by atomic mass is 35.5. The quantitative estimate of drug-likeness (QED) is 0.932. The van der Waals surface area contributed by atoms with Crippen LogP contribution in [-0.4, -0.2) is 29.3 Å². The van der Waals surface area contributed by atoms with Crippen molar-refractivity contribution < 1.29 is 9.59 Å². The van der Waals surface area contributed by atoms with Crippen molar-refractivity contribution in [3.63, 3.8) is 0 Å². The first-order chi connectivity index (χ1) is 9.38. The summed E-state index contributed by atoms with van der Waals surface area (Å²) < 4.78 is 0. The predicted octanol–water partition coefficient (Wildman–Crippen LogP) is 2.84. The van der Waals surface area contributed by atoms with Gasteiger partial charge in [0.05, 0.1) is 5.92 Å². The number of carbonyl (C=O) groups excluding carboxylic acids is 2. The average Bonchev–Trinajstić information content (AvgIpc) is 2.76. The van der Waals surface area contributed by atoms with Gasteiger partial charge in [-0.15, -0.1) is 0 Å². The van der Waals surface area contributed by atoms with Gasteiger partial charge in [-0.25, -0.2) is 0 Å². The van der Waals surface area contributed by atoms with E-state index < -0.39 is 0 Å². The van der Waals surface area contributed by atoms with Gasteiger partial charge in [-0.3, -0.25) is 9.59 Å². The number of rotatable bonds is 3. The maximum absolute atomic E-state index is 12.2. The van der Waals surface area contributed by atoms with Gasteiger partial charge in [-0.05, 0) is 38.5 Å². The zero-order valence-corrected chi connectivity index (χ0v) is 12.7. The minimum absolute atomic E-state index is 0.0436. The number of likely N-dealkylation sites (tertiary alicyclic amines) is 1. The van der Waals surface area contributed by atoms with Crippen LogP contribution in [0.4, 0.5) is 5.69 Å². The molecular formula is C15H19ClN2O2. The first-order valence-corrected chi connectivity index (χ1v) is 7.12. The summed E-state index contributed by atoms with van der Waals surface area (Å²) in [6.45, 7) is 6.31. The number of halogens is 1. The van der Waals surface area contributed by atoms with Gasteiger partial charge in [0.1, 0.15) is 0 Å². The second kappa shape index (κ2) is 5.83. The van der Waals surface area contributed by atoms with Gasteiger partial charge in [-0.1, -0.05) is 17.7 Å². The summed E-state index contributed by atoms with van der Waals surface area (Å²) in [7, 11) is 0. The largest absolute Gasteiger partial charge is 0.339 e. The standard InChI is InChI=1S/C15H19ClN2O2/c1-9(2)18-8-11(6-14(18)19)15(20)17-12-5-4-10(3)13(16)7-12/h4-5,7,9,11H,6,8H2,1-3H3,(H,17,20). The molecule has 0 saturated carbocycles. The smallest absolute Gasteiger partial charge is 0.229 e. The van der Waals surface area contributed by atoms with Gasteiger partial charge in [0.25, 0.3) is 0 Å². The monoisotopic (exact) mass is 294 g/mol. The highest BCUT2D eigenvalue weighted by molar-refractivity contribution is 6.31. The Hall–Kier alpha value is -1.55. The van der Waals surface area contributed by atoms with E-state index in [-0.39, 0.29) is 30.2 Å². The summed E-state index contributed by atoms with van der Waals surface area (Å²) in [4.78, 5) is 25.7. The van der Waals surface area contributed by atoms with Crippen molar-refractivity contribution in [1.82, 2.24) is 4.90 Å². The summed E-state index contributed by atoms with van der Waals surface area (Å²) in [5.74, 6) is -0.367. The first kappa shape index (κ1) is 14.9. The van der Waals surface area contributed by atoms with E-state index in [0.717, 1.165) is 5.56 Å². The molecule has 0 bridgehead atoms. The van der Waals surface area contributed by atoms with E-state index in [2.05, 4.69) is 5.32 Å². The van der Waals surface area contributed by atoms with E-state index in [1.807, 2.05) is 32.9 Å². The molecule has 20 heavy (non-hydrogen) atoms. The van der Waals surface area contributed by atoms with Crippen molar-refractivity contribution in [1.29, 1.82) is 0 Å². The van der Waals surface area contributed by atoms with Gasteiger partial charge < -0.3 is 10.2 Å². The second-order valence-electron chi connectivity index (χ2n) is 5.49. The molecule has 108 valence electrons. The number of carbonyl (C=O) groups is 2. The van der Waals surface area contributed by atoms with Crippen LogP contribution in [0, 0.1) is 12.8 Å². The highest BCUT2D eigenvalue weighted by Gasteiger charge is 2.35.